The Kier molecular flexibility index (Phi) is 5.38. The molecule has 0 N–H and O–H groups in total. The second-order valence-corrected chi connectivity index (χ2v) is 9.64. The molecule has 1 unspecified atom stereocenters. The van der Waals surface area contributed by atoms with Crippen LogP contribution in [-0.4, -0.2) is 18.8 Å². The number of rotatable bonds is 4. The Bertz CT molecular complexity index is 1640. The molecule has 0 saturated carbocycles. The number of aromatic nitrogens is 1. The van der Waals surface area contributed by atoms with E-state index in [0.29, 0.717) is 9.33 Å². The van der Waals surface area contributed by atoms with Crippen molar-refractivity contribution in [3.63, 3.8) is 0 Å². The maximum Gasteiger partial charge on any atom is 0.271 e. The van der Waals surface area contributed by atoms with Gasteiger partial charge < -0.3 is 9.47 Å². The first-order valence-electron chi connectivity index (χ1n) is 11.6. The van der Waals surface area contributed by atoms with Crippen molar-refractivity contribution in [2.45, 2.75) is 18.9 Å². The first-order chi connectivity index (χ1) is 17.2. The fraction of sp³-hybridized carbons (Fsp3) is 0.172. The van der Waals surface area contributed by atoms with E-state index in [9.17, 15) is 4.79 Å². The summed E-state index contributed by atoms with van der Waals surface area (Å²) in [5.74, 6) is 1.53. The highest BCUT2D eigenvalue weighted by molar-refractivity contribution is 7.07. The quantitative estimate of drug-likeness (QED) is 0.437. The van der Waals surface area contributed by atoms with Crippen LogP contribution in [0, 0.1) is 0 Å². The van der Waals surface area contributed by atoms with Gasteiger partial charge in [-0.15, -0.1) is 0 Å². The molecule has 1 aliphatic carbocycles. The molecule has 4 aromatic rings. The van der Waals surface area contributed by atoms with Gasteiger partial charge in [0.05, 0.1) is 30.5 Å². The van der Waals surface area contributed by atoms with E-state index in [2.05, 4.69) is 36.4 Å². The summed E-state index contributed by atoms with van der Waals surface area (Å²) in [6.45, 7) is 0. The number of methoxy groups -OCH3 is 2. The zero-order chi connectivity index (χ0) is 23.9. The first-order valence-corrected chi connectivity index (χ1v) is 12.4. The van der Waals surface area contributed by atoms with Crippen LogP contribution in [-0.2, 0) is 6.42 Å². The third kappa shape index (κ3) is 3.61. The third-order valence-electron chi connectivity index (χ3n) is 6.73. The number of fused-ring (bicyclic) bond motifs is 3. The molecule has 6 heteroatoms. The van der Waals surface area contributed by atoms with Crippen molar-refractivity contribution in [2.24, 2.45) is 4.99 Å². The van der Waals surface area contributed by atoms with E-state index in [1.54, 1.807) is 14.2 Å². The number of thiazole rings is 1. The van der Waals surface area contributed by atoms with Gasteiger partial charge in [0.25, 0.3) is 5.56 Å². The van der Waals surface area contributed by atoms with Crippen LogP contribution in [0.15, 0.2) is 88.2 Å². The molecule has 0 saturated heterocycles. The second kappa shape index (κ2) is 8.71. The van der Waals surface area contributed by atoms with Crippen LogP contribution >= 0.6 is 11.3 Å². The number of para-hydroxylation sites is 1. The molecule has 1 aliphatic heterocycles. The number of nitrogens with zero attached hydrogens (tertiary/aromatic N) is 2. The highest BCUT2D eigenvalue weighted by Crippen LogP contribution is 2.41. The Morgan fingerprint density at radius 1 is 0.943 bits per heavy atom. The molecule has 0 spiro atoms. The lowest BCUT2D eigenvalue weighted by Gasteiger charge is -2.30. The van der Waals surface area contributed by atoms with Crippen molar-refractivity contribution >= 4 is 23.1 Å². The van der Waals surface area contributed by atoms with E-state index in [1.807, 2.05) is 47.0 Å². The van der Waals surface area contributed by atoms with Crippen molar-refractivity contribution in [3.8, 4) is 11.5 Å². The van der Waals surface area contributed by atoms with E-state index in [4.69, 9.17) is 14.5 Å². The molecule has 35 heavy (non-hydrogen) atoms. The van der Waals surface area contributed by atoms with Crippen LogP contribution in [0.25, 0.3) is 11.8 Å². The lowest BCUT2D eigenvalue weighted by atomic mass is 9.83. The summed E-state index contributed by atoms with van der Waals surface area (Å²) < 4.78 is 13.4. The van der Waals surface area contributed by atoms with E-state index in [-0.39, 0.29) is 11.6 Å². The van der Waals surface area contributed by atoms with Gasteiger partial charge in [-0.25, -0.2) is 4.99 Å². The lowest BCUT2D eigenvalue weighted by Crippen LogP contribution is -2.38. The van der Waals surface area contributed by atoms with Crippen LogP contribution in [0.5, 0.6) is 11.5 Å². The van der Waals surface area contributed by atoms with Crippen LogP contribution in [0.3, 0.4) is 0 Å². The normalized spacial score (nSPS) is 16.7. The molecule has 3 aromatic carbocycles. The number of aryl methyl sites for hydroxylation is 1. The lowest BCUT2D eigenvalue weighted by molar-refractivity contribution is 0.414. The molecule has 6 rings (SSSR count). The predicted octanol–water partition coefficient (Wildman–Crippen LogP) is 4.34. The molecule has 5 nitrogen and oxygen atoms in total. The number of hydrogen-bond donors (Lipinski definition) is 0. The van der Waals surface area contributed by atoms with E-state index in [1.165, 1.54) is 22.5 Å². The van der Waals surface area contributed by atoms with Crippen molar-refractivity contribution in [3.05, 3.63) is 120 Å². The molecule has 0 radical (unpaired) electrons. The number of hydrogen-bond acceptors (Lipinski definition) is 5. The first kappa shape index (κ1) is 21.6. The van der Waals surface area contributed by atoms with Gasteiger partial charge in [-0.1, -0.05) is 65.9 Å². The zero-order valence-corrected chi connectivity index (χ0v) is 20.3. The van der Waals surface area contributed by atoms with Gasteiger partial charge in [-0.2, -0.15) is 0 Å². The Morgan fingerprint density at radius 2 is 1.71 bits per heavy atom. The summed E-state index contributed by atoms with van der Waals surface area (Å²) in [6.07, 6.45) is 3.70. The predicted molar refractivity (Wildman–Crippen MR) is 139 cm³/mol. The van der Waals surface area contributed by atoms with Gasteiger partial charge >= 0.3 is 0 Å². The molecule has 0 amide bonds. The van der Waals surface area contributed by atoms with Crippen LogP contribution in [0.2, 0.25) is 0 Å². The fourth-order valence-corrected chi connectivity index (χ4v) is 6.03. The van der Waals surface area contributed by atoms with Crippen molar-refractivity contribution in [1.82, 2.24) is 4.57 Å². The molecule has 174 valence electrons. The number of allylic oxidation sites excluding steroid dienone is 1. The molecule has 2 aliphatic rings. The Labute approximate surface area is 206 Å². The van der Waals surface area contributed by atoms with Gasteiger partial charge in [-0.05, 0) is 53.8 Å². The average molecular weight is 481 g/mol. The molecular formula is C29H24N2O3S. The highest BCUT2D eigenvalue weighted by atomic mass is 32.1. The summed E-state index contributed by atoms with van der Waals surface area (Å²) in [5, 5.41) is 0. The summed E-state index contributed by atoms with van der Waals surface area (Å²) in [4.78, 5) is 19.6. The molecule has 1 atom stereocenters. The van der Waals surface area contributed by atoms with Gasteiger partial charge in [0.2, 0.25) is 0 Å². The molecule has 1 aromatic heterocycles. The largest absolute Gasteiger partial charge is 0.497 e. The van der Waals surface area contributed by atoms with Crippen LogP contribution in [0.4, 0.5) is 0 Å². The maximum absolute atomic E-state index is 13.8. The van der Waals surface area contributed by atoms with Crippen LogP contribution in [0.1, 0.15) is 34.7 Å². The van der Waals surface area contributed by atoms with Crippen LogP contribution < -0.4 is 24.4 Å². The van der Waals surface area contributed by atoms with Gasteiger partial charge in [0.15, 0.2) is 4.80 Å². The molecule has 0 fully saturated rings. The van der Waals surface area contributed by atoms with Crippen molar-refractivity contribution in [1.29, 1.82) is 0 Å². The maximum atomic E-state index is 13.8. The third-order valence-corrected chi connectivity index (χ3v) is 7.71. The summed E-state index contributed by atoms with van der Waals surface area (Å²) in [7, 11) is 3.30. The van der Waals surface area contributed by atoms with Gasteiger partial charge in [0, 0.05) is 11.1 Å². The number of ether oxygens (including phenoxy) is 2. The van der Waals surface area contributed by atoms with E-state index < -0.39 is 0 Å². The minimum Gasteiger partial charge on any atom is -0.497 e. The van der Waals surface area contributed by atoms with Gasteiger partial charge in [0.1, 0.15) is 11.5 Å². The molecule has 2 heterocycles. The average Bonchev–Trinajstić information content (AvgIpc) is 3.22. The fourth-order valence-electron chi connectivity index (χ4n) is 5.04. The Balaban J connectivity index is 1.61. The van der Waals surface area contributed by atoms with Crippen molar-refractivity contribution in [2.75, 3.05) is 14.2 Å². The summed E-state index contributed by atoms with van der Waals surface area (Å²) in [6, 6.07) is 24.0. The standard InChI is InChI=1S/C29H24N2O3S/c1-33-21-14-11-19(12-15-21)27-23-16-13-18-7-3-5-9-22(18)26(23)30-29-31(27)28(32)25(35-29)17-20-8-4-6-10-24(20)34-2/h3-12,14-15,17,27H,13,16H2,1-2H3. The highest BCUT2D eigenvalue weighted by Gasteiger charge is 2.32. The topological polar surface area (TPSA) is 52.8 Å². The summed E-state index contributed by atoms with van der Waals surface area (Å²) in [5.41, 5.74) is 6.54. The van der Waals surface area contributed by atoms with E-state index >= 15 is 0 Å². The monoisotopic (exact) mass is 480 g/mol. The minimum atomic E-state index is -0.208. The van der Waals surface area contributed by atoms with E-state index in [0.717, 1.165) is 46.7 Å². The Hall–Kier alpha value is -3.90. The summed E-state index contributed by atoms with van der Waals surface area (Å²) >= 11 is 1.43. The minimum absolute atomic E-state index is 0.0362. The zero-order valence-electron chi connectivity index (χ0n) is 19.5. The SMILES string of the molecule is COc1ccc(C2C3=C(N=c4sc(=Cc5ccccc5OC)c(=O)n42)c2ccccc2CC3)cc1. The van der Waals surface area contributed by atoms with Crippen molar-refractivity contribution < 1.29 is 9.47 Å². The Morgan fingerprint density at radius 3 is 2.51 bits per heavy atom. The van der Waals surface area contributed by atoms with Gasteiger partial charge in [-0.3, -0.25) is 9.36 Å². The molecule has 0 bridgehead atoms. The smallest absolute Gasteiger partial charge is 0.271 e. The molecular weight excluding hydrogens is 456 g/mol. The number of benzene rings is 3. The second-order valence-electron chi connectivity index (χ2n) is 8.63.